The second-order valence-electron chi connectivity index (χ2n) is 5.34. The summed E-state index contributed by atoms with van der Waals surface area (Å²) >= 11 is 0. The third kappa shape index (κ3) is 4.06. The van der Waals surface area contributed by atoms with E-state index in [1.807, 2.05) is 32.8 Å². The maximum absolute atomic E-state index is 12.4. The van der Waals surface area contributed by atoms with Gasteiger partial charge in [0.05, 0.1) is 14.2 Å². The summed E-state index contributed by atoms with van der Waals surface area (Å²) in [5.41, 5.74) is -0.212. The molecule has 1 amide bonds. The SMILES string of the molecule is COc1ncnc(OC)c1C(=O)NC(C)(C)CN(C)C. The minimum absolute atomic E-state index is 0.190. The lowest BCUT2D eigenvalue weighted by atomic mass is 10.0. The average Bonchev–Trinajstić information content (AvgIpc) is 2.35. The Bertz CT molecular complexity index is 452. The van der Waals surface area contributed by atoms with E-state index in [1.54, 1.807) is 0 Å². The number of methoxy groups -OCH3 is 2. The van der Waals surface area contributed by atoms with Crippen LogP contribution in [0, 0.1) is 0 Å². The van der Waals surface area contributed by atoms with Crippen molar-refractivity contribution in [2.45, 2.75) is 19.4 Å². The molecule has 1 aromatic rings. The first kappa shape index (κ1) is 16.2. The van der Waals surface area contributed by atoms with E-state index in [2.05, 4.69) is 15.3 Å². The van der Waals surface area contributed by atoms with Crippen molar-refractivity contribution in [2.24, 2.45) is 0 Å². The van der Waals surface area contributed by atoms with Gasteiger partial charge in [0.25, 0.3) is 5.91 Å². The summed E-state index contributed by atoms with van der Waals surface area (Å²) in [7, 11) is 6.79. The molecule has 0 saturated carbocycles. The zero-order chi connectivity index (χ0) is 15.3. The number of carbonyl (C=O) groups excluding carboxylic acids is 1. The minimum atomic E-state index is -0.410. The van der Waals surface area contributed by atoms with E-state index in [1.165, 1.54) is 20.5 Å². The molecule has 20 heavy (non-hydrogen) atoms. The van der Waals surface area contributed by atoms with Crippen molar-refractivity contribution in [3.05, 3.63) is 11.9 Å². The molecule has 7 nitrogen and oxygen atoms in total. The second kappa shape index (κ2) is 6.51. The summed E-state index contributed by atoms with van der Waals surface area (Å²) in [6, 6.07) is 0. The van der Waals surface area contributed by atoms with Crippen LogP contribution in [0.15, 0.2) is 6.33 Å². The number of ether oxygens (including phenoxy) is 2. The summed E-state index contributed by atoms with van der Waals surface area (Å²) < 4.78 is 10.2. The van der Waals surface area contributed by atoms with Gasteiger partial charge < -0.3 is 19.7 Å². The van der Waals surface area contributed by atoms with Gasteiger partial charge in [0.15, 0.2) is 5.56 Å². The summed E-state index contributed by atoms with van der Waals surface area (Å²) in [6.07, 6.45) is 1.29. The fourth-order valence-electron chi connectivity index (χ4n) is 2.06. The molecule has 0 aromatic carbocycles. The number of likely N-dealkylation sites (N-methyl/N-ethyl adjacent to an activating group) is 1. The van der Waals surface area contributed by atoms with E-state index in [0.717, 1.165) is 0 Å². The molecule has 1 heterocycles. The highest BCUT2D eigenvalue weighted by atomic mass is 16.5. The van der Waals surface area contributed by atoms with Gasteiger partial charge in [0.1, 0.15) is 6.33 Å². The van der Waals surface area contributed by atoms with Crippen LogP contribution in [0.2, 0.25) is 0 Å². The molecule has 1 rings (SSSR count). The molecule has 0 atom stereocenters. The van der Waals surface area contributed by atoms with E-state index in [-0.39, 0.29) is 23.2 Å². The number of hydrogen-bond donors (Lipinski definition) is 1. The largest absolute Gasteiger partial charge is 0.480 e. The van der Waals surface area contributed by atoms with Crippen LogP contribution >= 0.6 is 0 Å². The minimum Gasteiger partial charge on any atom is -0.480 e. The standard InChI is InChI=1S/C13H22N4O3/c1-13(2,7-17(3)4)16-10(18)9-11(19-5)14-8-15-12(9)20-6/h8H,7H2,1-6H3,(H,16,18). The highest BCUT2D eigenvalue weighted by Crippen LogP contribution is 2.23. The van der Waals surface area contributed by atoms with E-state index in [4.69, 9.17) is 9.47 Å². The van der Waals surface area contributed by atoms with Crippen LogP contribution in [0.3, 0.4) is 0 Å². The van der Waals surface area contributed by atoms with Gasteiger partial charge in [0.2, 0.25) is 11.8 Å². The van der Waals surface area contributed by atoms with Gasteiger partial charge in [-0.2, -0.15) is 0 Å². The number of aromatic nitrogens is 2. The predicted molar refractivity (Wildman–Crippen MR) is 75.2 cm³/mol. The van der Waals surface area contributed by atoms with Crippen molar-refractivity contribution in [1.29, 1.82) is 0 Å². The fraction of sp³-hybridized carbons (Fsp3) is 0.615. The van der Waals surface area contributed by atoms with E-state index in [0.29, 0.717) is 6.54 Å². The van der Waals surface area contributed by atoms with Crippen LogP contribution in [0.25, 0.3) is 0 Å². The summed E-state index contributed by atoms with van der Waals surface area (Å²) in [5, 5.41) is 2.93. The van der Waals surface area contributed by atoms with Gasteiger partial charge in [-0.3, -0.25) is 4.79 Å². The molecule has 0 saturated heterocycles. The smallest absolute Gasteiger partial charge is 0.262 e. The van der Waals surface area contributed by atoms with Crippen LogP contribution in [0.1, 0.15) is 24.2 Å². The Balaban J connectivity index is 3.03. The van der Waals surface area contributed by atoms with E-state index in [9.17, 15) is 4.79 Å². The Hall–Kier alpha value is -1.89. The van der Waals surface area contributed by atoms with Crippen molar-refractivity contribution in [3.63, 3.8) is 0 Å². The van der Waals surface area contributed by atoms with Gasteiger partial charge in [-0.1, -0.05) is 0 Å². The van der Waals surface area contributed by atoms with Crippen LogP contribution in [-0.2, 0) is 0 Å². The van der Waals surface area contributed by atoms with Gasteiger partial charge >= 0.3 is 0 Å². The lowest BCUT2D eigenvalue weighted by Crippen LogP contribution is -2.50. The van der Waals surface area contributed by atoms with Crippen molar-refractivity contribution in [2.75, 3.05) is 34.9 Å². The number of nitrogens with zero attached hydrogens (tertiary/aromatic N) is 3. The van der Waals surface area contributed by atoms with E-state index >= 15 is 0 Å². The molecule has 1 N–H and O–H groups in total. The Labute approximate surface area is 119 Å². The highest BCUT2D eigenvalue weighted by Gasteiger charge is 2.27. The third-order valence-electron chi connectivity index (χ3n) is 2.55. The molecular weight excluding hydrogens is 260 g/mol. The second-order valence-corrected chi connectivity index (χ2v) is 5.34. The molecule has 0 unspecified atom stereocenters. The normalized spacial score (nSPS) is 11.3. The zero-order valence-electron chi connectivity index (χ0n) is 12.9. The molecular formula is C13H22N4O3. The molecule has 0 aliphatic rings. The Morgan fingerprint density at radius 3 is 2.15 bits per heavy atom. The summed E-state index contributed by atoms with van der Waals surface area (Å²) in [5.74, 6) is 0.0520. The van der Waals surface area contributed by atoms with Crippen LogP contribution in [-0.4, -0.2) is 61.2 Å². The third-order valence-corrected chi connectivity index (χ3v) is 2.55. The Kier molecular flexibility index (Phi) is 5.26. The molecule has 112 valence electrons. The molecule has 0 bridgehead atoms. The Morgan fingerprint density at radius 2 is 1.75 bits per heavy atom. The van der Waals surface area contributed by atoms with Crippen molar-refractivity contribution >= 4 is 5.91 Å². The van der Waals surface area contributed by atoms with Crippen LogP contribution in [0.4, 0.5) is 0 Å². The van der Waals surface area contributed by atoms with E-state index < -0.39 is 5.54 Å². The molecule has 0 spiro atoms. The lowest BCUT2D eigenvalue weighted by molar-refractivity contribution is 0.0891. The maximum atomic E-state index is 12.4. The molecule has 1 aromatic heterocycles. The van der Waals surface area contributed by atoms with Gasteiger partial charge in [-0.15, -0.1) is 0 Å². The number of hydrogen-bond acceptors (Lipinski definition) is 6. The maximum Gasteiger partial charge on any atom is 0.262 e. The quantitative estimate of drug-likeness (QED) is 0.822. The number of carbonyl (C=O) groups is 1. The molecule has 0 aliphatic heterocycles. The first-order chi connectivity index (χ1) is 9.30. The number of amides is 1. The number of rotatable bonds is 6. The Morgan fingerprint density at radius 1 is 1.25 bits per heavy atom. The molecule has 0 fully saturated rings. The monoisotopic (exact) mass is 282 g/mol. The van der Waals surface area contributed by atoms with Crippen molar-refractivity contribution in [1.82, 2.24) is 20.2 Å². The lowest BCUT2D eigenvalue weighted by Gasteiger charge is -2.29. The number of nitrogens with one attached hydrogen (secondary N) is 1. The average molecular weight is 282 g/mol. The topological polar surface area (TPSA) is 76.6 Å². The highest BCUT2D eigenvalue weighted by molar-refractivity contribution is 5.98. The zero-order valence-corrected chi connectivity index (χ0v) is 12.9. The van der Waals surface area contributed by atoms with Crippen molar-refractivity contribution in [3.8, 4) is 11.8 Å². The first-order valence-corrected chi connectivity index (χ1v) is 6.21. The van der Waals surface area contributed by atoms with Gasteiger partial charge in [0, 0.05) is 12.1 Å². The van der Waals surface area contributed by atoms with Crippen LogP contribution < -0.4 is 14.8 Å². The van der Waals surface area contributed by atoms with Crippen LogP contribution in [0.5, 0.6) is 11.8 Å². The summed E-state index contributed by atoms with van der Waals surface area (Å²) in [6.45, 7) is 4.57. The van der Waals surface area contributed by atoms with Crippen molar-refractivity contribution < 1.29 is 14.3 Å². The summed E-state index contributed by atoms with van der Waals surface area (Å²) in [4.78, 5) is 22.3. The van der Waals surface area contributed by atoms with Gasteiger partial charge in [-0.25, -0.2) is 9.97 Å². The predicted octanol–water partition coefficient (Wildman–Crippen LogP) is 0.564. The molecule has 0 aliphatic carbocycles. The fourth-order valence-corrected chi connectivity index (χ4v) is 2.06. The van der Waals surface area contributed by atoms with Gasteiger partial charge in [-0.05, 0) is 27.9 Å². The molecule has 0 radical (unpaired) electrons. The first-order valence-electron chi connectivity index (χ1n) is 6.21. The molecule has 7 heteroatoms.